The standard InChI is InChI=1S/C9H20N2/c1-9(2,10)7-8-5-3-4-6-11-8/h8,11H,3-7,10H2,1-2H3. The van der Waals surface area contributed by atoms with Crippen LogP contribution >= 0.6 is 0 Å². The molecule has 0 saturated carbocycles. The van der Waals surface area contributed by atoms with Crippen molar-refractivity contribution >= 4 is 0 Å². The van der Waals surface area contributed by atoms with Gasteiger partial charge in [0.15, 0.2) is 0 Å². The van der Waals surface area contributed by atoms with Gasteiger partial charge in [-0.15, -0.1) is 0 Å². The third-order valence-corrected chi connectivity index (χ3v) is 2.18. The van der Waals surface area contributed by atoms with Crippen LogP contribution in [0.15, 0.2) is 0 Å². The van der Waals surface area contributed by atoms with Gasteiger partial charge in [0, 0.05) is 11.6 Å². The van der Waals surface area contributed by atoms with E-state index in [1.165, 1.54) is 25.8 Å². The molecule has 1 saturated heterocycles. The first-order chi connectivity index (χ1) is 5.08. The van der Waals surface area contributed by atoms with E-state index >= 15 is 0 Å². The molecule has 1 heterocycles. The van der Waals surface area contributed by atoms with Gasteiger partial charge in [-0.25, -0.2) is 0 Å². The van der Waals surface area contributed by atoms with E-state index in [1.54, 1.807) is 0 Å². The number of nitrogens with one attached hydrogen (secondary N) is 1. The second-order valence-electron chi connectivity index (χ2n) is 4.34. The fraction of sp³-hybridized carbons (Fsp3) is 1.00. The molecule has 2 nitrogen and oxygen atoms in total. The molecule has 1 aliphatic rings. The van der Waals surface area contributed by atoms with Gasteiger partial charge in [0.05, 0.1) is 0 Å². The van der Waals surface area contributed by atoms with Crippen molar-refractivity contribution < 1.29 is 0 Å². The van der Waals surface area contributed by atoms with Crippen LogP contribution in [0.1, 0.15) is 39.5 Å². The number of hydrogen-bond donors (Lipinski definition) is 2. The van der Waals surface area contributed by atoms with E-state index in [0.717, 1.165) is 6.42 Å². The summed E-state index contributed by atoms with van der Waals surface area (Å²) in [6.45, 7) is 5.38. The molecule has 0 aromatic heterocycles. The molecule has 0 aromatic carbocycles. The van der Waals surface area contributed by atoms with E-state index in [9.17, 15) is 0 Å². The Hall–Kier alpha value is -0.0800. The van der Waals surface area contributed by atoms with Crippen molar-refractivity contribution in [1.29, 1.82) is 0 Å². The molecule has 1 aliphatic heterocycles. The van der Waals surface area contributed by atoms with Gasteiger partial charge < -0.3 is 11.1 Å². The number of rotatable bonds is 2. The van der Waals surface area contributed by atoms with Crippen molar-refractivity contribution in [1.82, 2.24) is 5.32 Å². The van der Waals surface area contributed by atoms with Crippen molar-refractivity contribution in [3.63, 3.8) is 0 Å². The lowest BCUT2D eigenvalue weighted by molar-refractivity contribution is 0.321. The van der Waals surface area contributed by atoms with Gasteiger partial charge in [-0.1, -0.05) is 6.42 Å². The summed E-state index contributed by atoms with van der Waals surface area (Å²) < 4.78 is 0. The molecule has 0 aromatic rings. The van der Waals surface area contributed by atoms with Crippen molar-refractivity contribution in [3.05, 3.63) is 0 Å². The zero-order valence-electron chi connectivity index (χ0n) is 7.69. The summed E-state index contributed by atoms with van der Waals surface area (Å²) in [6, 6.07) is 0.670. The zero-order chi connectivity index (χ0) is 8.32. The third kappa shape index (κ3) is 3.73. The van der Waals surface area contributed by atoms with Crippen LogP contribution in [0.5, 0.6) is 0 Å². The molecule has 1 rings (SSSR count). The SMILES string of the molecule is CC(C)(N)CC1CCCCN1. The van der Waals surface area contributed by atoms with Crippen LogP contribution in [-0.4, -0.2) is 18.1 Å². The van der Waals surface area contributed by atoms with Gasteiger partial charge >= 0.3 is 0 Å². The molecule has 0 amide bonds. The van der Waals surface area contributed by atoms with Crippen LogP contribution < -0.4 is 11.1 Å². The third-order valence-electron chi connectivity index (χ3n) is 2.18. The summed E-state index contributed by atoms with van der Waals surface area (Å²) in [7, 11) is 0. The predicted octanol–water partition coefficient (Wildman–Crippen LogP) is 1.26. The van der Waals surface area contributed by atoms with Crippen molar-refractivity contribution in [2.75, 3.05) is 6.54 Å². The summed E-state index contributed by atoms with van der Waals surface area (Å²) in [4.78, 5) is 0. The first kappa shape index (κ1) is 9.01. The lowest BCUT2D eigenvalue weighted by Gasteiger charge is -2.29. The van der Waals surface area contributed by atoms with Crippen LogP contribution in [-0.2, 0) is 0 Å². The fourth-order valence-electron chi connectivity index (χ4n) is 1.73. The second kappa shape index (κ2) is 3.55. The van der Waals surface area contributed by atoms with Crippen LogP contribution in [0.25, 0.3) is 0 Å². The fourth-order valence-corrected chi connectivity index (χ4v) is 1.73. The van der Waals surface area contributed by atoms with E-state index in [2.05, 4.69) is 19.2 Å². The molecule has 11 heavy (non-hydrogen) atoms. The van der Waals surface area contributed by atoms with Gasteiger partial charge in [0.25, 0.3) is 0 Å². The second-order valence-corrected chi connectivity index (χ2v) is 4.34. The Morgan fingerprint density at radius 1 is 1.45 bits per heavy atom. The molecule has 0 spiro atoms. The first-order valence-corrected chi connectivity index (χ1v) is 4.60. The first-order valence-electron chi connectivity index (χ1n) is 4.60. The average Bonchev–Trinajstić information content (AvgIpc) is 1.85. The van der Waals surface area contributed by atoms with E-state index in [4.69, 9.17) is 5.73 Å². The zero-order valence-corrected chi connectivity index (χ0v) is 7.69. The van der Waals surface area contributed by atoms with E-state index < -0.39 is 0 Å². The molecule has 66 valence electrons. The molecular weight excluding hydrogens is 136 g/mol. The molecule has 1 fully saturated rings. The highest BCUT2D eigenvalue weighted by molar-refractivity contribution is 4.82. The van der Waals surface area contributed by atoms with Gasteiger partial charge in [-0.05, 0) is 39.7 Å². The largest absolute Gasteiger partial charge is 0.326 e. The maximum atomic E-state index is 5.93. The maximum Gasteiger partial charge on any atom is 0.0112 e. The Balaban J connectivity index is 2.24. The van der Waals surface area contributed by atoms with Gasteiger partial charge in [0.2, 0.25) is 0 Å². The van der Waals surface area contributed by atoms with Crippen LogP contribution in [0.4, 0.5) is 0 Å². The number of nitrogens with two attached hydrogens (primary N) is 1. The van der Waals surface area contributed by atoms with E-state index in [1.807, 2.05) is 0 Å². The molecule has 1 unspecified atom stereocenters. The lowest BCUT2D eigenvalue weighted by atomic mass is 9.91. The van der Waals surface area contributed by atoms with Crippen molar-refractivity contribution in [2.24, 2.45) is 5.73 Å². The number of piperidine rings is 1. The van der Waals surface area contributed by atoms with E-state index in [-0.39, 0.29) is 5.54 Å². The Kier molecular flexibility index (Phi) is 2.90. The molecular formula is C9H20N2. The minimum Gasteiger partial charge on any atom is -0.326 e. The molecule has 0 aliphatic carbocycles. The summed E-state index contributed by atoms with van der Waals surface area (Å²) in [5.74, 6) is 0. The van der Waals surface area contributed by atoms with Crippen LogP contribution in [0.3, 0.4) is 0 Å². The number of hydrogen-bond acceptors (Lipinski definition) is 2. The molecule has 3 N–H and O–H groups in total. The Bertz CT molecular complexity index is 109. The Morgan fingerprint density at radius 3 is 2.64 bits per heavy atom. The molecule has 0 bridgehead atoms. The van der Waals surface area contributed by atoms with Crippen LogP contribution in [0, 0.1) is 0 Å². The Morgan fingerprint density at radius 2 is 2.18 bits per heavy atom. The lowest BCUT2D eigenvalue weighted by Crippen LogP contribution is -2.43. The quantitative estimate of drug-likeness (QED) is 0.631. The van der Waals surface area contributed by atoms with Gasteiger partial charge in [-0.2, -0.15) is 0 Å². The molecule has 2 heteroatoms. The van der Waals surface area contributed by atoms with E-state index in [0.29, 0.717) is 6.04 Å². The summed E-state index contributed by atoms with van der Waals surface area (Å²) in [5, 5.41) is 3.50. The topological polar surface area (TPSA) is 38.0 Å². The monoisotopic (exact) mass is 156 g/mol. The van der Waals surface area contributed by atoms with Crippen molar-refractivity contribution in [2.45, 2.75) is 51.1 Å². The highest BCUT2D eigenvalue weighted by Gasteiger charge is 2.19. The minimum absolute atomic E-state index is 0.00495. The van der Waals surface area contributed by atoms with Gasteiger partial charge in [-0.3, -0.25) is 0 Å². The summed E-state index contributed by atoms with van der Waals surface area (Å²) in [5.41, 5.74) is 5.92. The predicted molar refractivity (Wildman–Crippen MR) is 48.5 cm³/mol. The minimum atomic E-state index is -0.00495. The molecule has 1 atom stereocenters. The summed E-state index contributed by atoms with van der Waals surface area (Å²) in [6.07, 6.45) is 5.11. The average molecular weight is 156 g/mol. The Labute approximate surface area is 69.5 Å². The summed E-state index contributed by atoms with van der Waals surface area (Å²) >= 11 is 0. The van der Waals surface area contributed by atoms with Crippen molar-refractivity contribution in [3.8, 4) is 0 Å². The smallest absolute Gasteiger partial charge is 0.0112 e. The van der Waals surface area contributed by atoms with Crippen LogP contribution in [0.2, 0.25) is 0 Å². The maximum absolute atomic E-state index is 5.93. The molecule has 0 radical (unpaired) electrons. The normalized spacial score (nSPS) is 27.0. The highest BCUT2D eigenvalue weighted by atomic mass is 14.9. The van der Waals surface area contributed by atoms with Gasteiger partial charge in [0.1, 0.15) is 0 Å². The highest BCUT2D eigenvalue weighted by Crippen LogP contribution is 2.15.